The third kappa shape index (κ3) is 4.09. The Hall–Kier alpha value is -0.900. The second-order valence-corrected chi connectivity index (χ2v) is 5.21. The standard InChI is InChI=1S/C14H21BrN2O/c1-4-11(5-2)10-17(6-3)14(18)12-7-8-16-13(15)9-12/h7-9,11H,4-6,10H2,1-3H3. The molecule has 0 radical (unpaired) electrons. The van der Waals surface area contributed by atoms with Crippen LogP contribution >= 0.6 is 15.9 Å². The average molecular weight is 313 g/mol. The number of hydrogen-bond acceptors (Lipinski definition) is 2. The van der Waals surface area contributed by atoms with E-state index >= 15 is 0 Å². The van der Waals surface area contributed by atoms with Gasteiger partial charge in [-0.15, -0.1) is 0 Å². The van der Waals surface area contributed by atoms with Crippen LogP contribution in [-0.4, -0.2) is 28.9 Å². The minimum absolute atomic E-state index is 0.0903. The van der Waals surface area contributed by atoms with Crippen LogP contribution in [0.15, 0.2) is 22.9 Å². The summed E-state index contributed by atoms with van der Waals surface area (Å²) in [5.41, 5.74) is 0.699. The Labute approximate surface area is 118 Å². The van der Waals surface area contributed by atoms with Gasteiger partial charge < -0.3 is 4.90 Å². The molecule has 0 unspecified atom stereocenters. The largest absolute Gasteiger partial charge is 0.339 e. The quantitative estimate of drug-likeness (QED) is 0.750. The number of hydrogen-bond donors (Lipinski definition) is 0. The van der Waals surface area contributed by atoms with Gasteiger partial charge in [0.25, 0.3) is 5.91 Å². The van der Waals surface area contributed by atoms with E-state index in [1.165, 1.54) is 0 Å². The lowest BCUT2D eigenvalue weighted by molar-refractivity contribution is 0.0734. The molecule has 1 rings (SSSR count). The van der Waals surface area contributed by atoms with Crippen molar-refractivity contribution >= 4 is 21.8 Å². The topological polar surface area (TPSA) is 33.2 Å². The molecule has 1 heterocycles. The Morgan fingerprint density at radius 3 is 2.56 bits per heavy atom. The van der Waals surface area contributed by atoms with Crippen molar-refractivity contribution in [2.75, 3.05) is 13.1 Å². The van der Waals surface area contributed by atoms with Crippen LogP contribution in [0.1, 0.15) is 44.0 Å². The molecule has 0 bridgehead atoms. The summed E-state index contributed by atoms with van der Waals surface area (Å²) < 4.78 is 0.701. The number of nitrogens with zero attached hydrogens (tertiary/aromatic N) is 2. The summed E-state index contributed by atoms with van der Waals surface area (Å²) in [4.78, 5) is 18.3. The second kappa shape index (κ2) is 7.52. The highest BCUT2D eigenvalue weighted by Crippen LogP contribution is 2.14. The summed E-state index contributed by atoms with van der Waals surface area (Å²) in [6.45, 7) is 7.96. The first-order valence-electron chi connectivity index (χ1n) is 6.53. The van der Waals surface area contributed by atoms with E-state index in [1.54, 1.807) is 18.3 Å². The molecule has 100 valence electrons. The van der Waals surface area contributed by atoms with E-state index < -0.39 is 0 Å². The van der Waals surface area contributed by atoms with Crippen LogP contribution in [0, 0.1) is 5.92 Å². The Balaban J connectivity index is 2.79. The lowest BCUT2D eigenvalue weighted by Gasteiger charge is -2.25. The molecule has 3 nitrogen and oxygen atoms in total. The summed E-state index contributed by atoms with van der Waals surface area (Å²) in [6, 6.07) is 3.54. The van der Waals surface area contributed by atoms with Gasteiger partial charge in [0.1, 0.15) is 4.60 Å². The molecule has 0 aliphatic carbocycles. The van der Waals surface area contributed by atoms with Crippen molar-refractivity contribution in [2.45, 2.75) is 33.6 Å². The van der Waals surface area contributed by atoms with Gasteiger partial charge in [0.05, 0.1) is 0 Å². The van der Waals surface area contributed by atoms with Gasteiger partial charge in [-0.05, 0) is 40.9 Å². The zero-order valence-corrected chi connectivity index (χ0v) is 12.9. The van der Waals surface area contributed by atoms with Gasteiger partial charge in [-0.25, -0.2) is 4.98 Å². The Morgan fingerprint density at radius 1 is 1.39 bits per heavy atom. The number of carbonyl (C=O) groups is 1. The summed E-state index contributed by atoms with van der Waals surface area (Å²) in [5.74, 6) is 0.673. The van der Waals surface area contributed by atoms with E-state index in [0.717, 1.165) is 25.9 Å². The molecule has 1 aromatic rings. The average Bonchev–Trinajstić information content (AvgIpc) is 2.39. The zero-order chi connectivity index (χ0) is 13.5. The first-order valence-corrected chi connectivity index (χ1v) is 7.32. The maximum absolute atomic E-state index is 12.4. The summed E-state index contributed by atoms with van der Waals surface area (Å²) in [6.07, 6.45) is 3.88. The van der Waals surface area contributed by atoms with E-state index in [9.17, 15) is 4.79 Å². The number of amides is 1. The summed E-state index contributed by atoms with van der Waals surface area (Å²) >= 11 is 3.30. The molecule has 0 N–H and O–H groups in total. The Kier molecular flexibility index (Phi) is 6.33. The Morgan fingerprint density at radius 2 is 2.06 bits per heavy atom. The molecular formula is C14H21BrN2O. The molecule has 0 atom stereocenters. The third-order valence-electron chi connectivity index (χ3n) is 3.28. The third-order valence-corrected chi connectivity index (χ3v) is 3.71. The summed E-state index contributed by atoms with van der Waals surface area (Å²) in [7, 11) is 0. The molecular weight excluding hydrogens is 292 g/mol. The normalized spacial score (nSPS) is 10.7. The minimum atomic E-state index is 0.0903. The second-order valence-electron chi connectivity index (χ2n) is 4.39. The molecule has 0 aromatic carbocycles. The van der Waals surface area contributed by atoms with E-state index in [4.69, 9.17) is 0 Å². The van der Waals surface area contributed by atoms with Crippen molar-refractivity contribution in [1.82, 2.24) is 9.88 Å². The van der Waals surface area contributed by atoms with Gasteiger partial charge in [0.2, 0.25) is 0 Å². The highest BCUT2D eigenvalue weighted by Gasteiger charge is 2.17. The molecule has 1 aromatic heterocycles. The van der Waals surface area contributed by atoms with Gasteiger partial charge in [-0.1, -0.05) is 26.7 Å². The smallest absolute Gasteiger partial charge is 0.254 e. The van der Waals surface area contributed by atoms with E-state index in [1.807, 2.05) is 11.8 Å². The minimum Gasteiger partial charge on any atom is -0.339 e. The predicted octanol–water partition coefficient (Wildman–Crippen LogP) is 3.74. The van der Waals surface area contributed by atoms with Crippen molar-refractivity contribution in [3.8, 4) is 0 Å². The fourth-order valence-electron chi connectivity index (χ4n) is 1.93. The highest BCUT2D eigenvalue weighted by molar-refractivity contribution is 9.10. The molecule has 0 aliphatic rings. The van der Waals surface area contributed by atoms with Crippen molar-refractivity contribution in [3.05, 3.63) is 28.5 Å². The lowest BCUT2D eigenvalue weighted by atomic mass is 10.0. The number of pyridine rings is 1. The van der Waals surface area contributed by atoms with Crippen molar-refractivity contribution in [3.63, 3.8) is 0 Å². The molecule has 1 amide bonds. The highest BCUT2D eigenvalue weighted by atomic mass is 79.9. The number of carbonyl (C=O) groups excluding carboxylic acids is 1. The van der Waals surface area contributed by atoms with Gasteiger partial charge in [-0.2, -0.15) is 0 Å². The SMILES string of the molecule is CCC(CC)CN(CC)C(=O)c1ccnc(Br)c1. The van der Waals surface area contributed by atoms with Gasteiger partial charge in [-0.3, -0.25) is 4.79 Å². The molecule has 18 heavy (non-hydrogen) atoms. The van der Waals surface area contributed by atoms with Gasteiger partial charge in [0.15, 0.2) is 0 Å². The molecule has 0 saturated carbocycles. The fraction of sp³-hybridized carbons (Fsp3) is 0.571. The van der Waals surface area contributed by atoms with Crippen LogP contribution in [-0.2, 0) is 0 Å². The van der Waals surface area contributed by atoms with Crippen LogP contribution in [0.2, 0.25) is 0 Å². The van der Waals surface area contributed by atoms with E-state index in [-0.39, 0.29) is 5.91 Å². The van der Waals surface area contributed by atoms with Crippen LogP contribution in [0.3, 0.4) is 0 Å². The molecule has 0 aliphatic heterocycles. The number of halogens is 1. The maximum atomic E-state index is 12.4. The van der Waals surface area contributed by atoms with E-state index in [0.29, 0.717) is 16.1 Å². The summed E-state index contributed by atoms with van der Waals surface area (Å²) in [5, 5.41) is 0. The number of aromatic nitrogens is 1. The van der Waals surface area contributed by atoms with Crippen molar-refractivity contribution < 1.29 is 4.79 Å². The molecule has 4 heteroatoms. The van der Waals surface area contributed by atoms with Crippen LogP contribution in [0.25, 0.3) is 0 Å². The van der Waals surface area contributed by atoms with Crippen LogP contribution in [0.5, 0.6) is 0 Å². The molecule has 0 saturated heterocycles. The first-order chi connectivity index (χ1) is 8.62. The Bertz CT molecular complexity index is 391. The first kappa shape index (κ1) is 15.2. The van der Waals surface area contributed by atoms with Gasteiger partial charge >= 0.3 is 0 Å². The molecule has 0 fully saturated rings. The lowest BCUT2D eigenvalue weighted by Crippen LogP contribution is -2.35. The monoisotopic (exact) mass is 312 g/mol. The van der Waals surface area contributed by atoms with Gasteiger partial charge in [0, 0.05) is 24.8 Å². The van der Waals surface area contributed by atoms with Crippen LogP contribution < -0.4 is 0 Å². The van der Waals surface area contributed by atoms with Crippen molar-refractivity contribution in [2.24, 2.45) is 5.92 Å². The maximum Gasteiger partial charge on any atom is 0.254 e. The zero-order valence-electron chi connectivity index (χ0n) is 11.3. The molecule has 0 spiro atoms. The van der Waals surface area contributed by atoms with Crippen LogP contribution in [0.4, 0.5) is 0 Å². The fourth-order valence-corrected chi connectivity index (χ4v) is 2.30. The van der Waals surface area contributed by atoms with Crippen molar-refractivity contribution in [1.29, 1.82) is 0 Å². The number of rotatable bonds is 6. The predicted molar refractivity (Wildman–Crippen MR) is 77.6 cm³/mol. The van der Waals surface area contributed by atoms with E-state index in [2.05, 4.69) is 34.8 Å².